The van der Waals surface area contributed by atoms with Gasteiger partial charge in [0.15, 0.2) is 5.54 Å². The lowest BCUT2D eigenvalue weighted by molar-refractivity contribution is -0.146. The third-order valence-electron chi connectivity index (χ3n) is 5.72. The van der Waals surface area contributed by atoms with Crippen molar-refractivity contribution in [3.8, 4) is 0 Å². The number of carbonyl (C=O) groups is 1. The second-order valence-corrected chi connectivity index (χ2v) is 7.73. The van der Waals surface area contributed by atoms with E-state index in [2.05, 4.69) is 15.3 Å². The molecule has 5 nitrogen and oxygen atoms in total. The fourth-order valence-electron chi connectivity index (χ4n) is 4.15. The molecule has 1 aromatic heterocycles. The number of benzene rings is 3. The number of H-pyrrole nitrogens is 1. The predicted octanol–water partition coefficient (Wildman–Crippen LogP) is 4.33. The van der Waals surface area contributed by atoms with Crippen molar-refractivity contribution in [2.75, 3.05) is 6.67 Å². The normalized spacial score (nSPS) is 13.4. The number of alkyl halides is 1. The number of aromatic nitrogens is 2. The van der Waals surface area contributed by atoms with Gasteiger partial charge in [0.05, 0.1) is 17.6 Å². The van der Waals surface area contributed by atoms with E-state index in [4.69, 9.17) is 0 Å². The van der Waals surface area contributed by atoms with Crippen molar-refractivity contribution in [3.05, 3.63) is 126 Å². The number of nitrogens with zero attached hydrogens (tertiary/aromatic N) is 1. The van der Waals surface area contributed by atoms with Gasteiger partial charge in [-0.3, -0.25) is 10.1 Å². The minimum Gasteiger partial charge on any atom is -0.480 e. The van der Waals surface area contributed by atoms with Crippen molar-refractivity contribution in [2.45, 2.75) is 17.5 Å². The molecule has 0 amide bonds. The van der Waals surface area contributed by atoms with Gasteiger partial charge in [0.1, 0.15) is 6.67 Å². The number of carboxylic acid groups (broad SMARTS) is 1. The maximum Gasteiger partial charge on any atom is 0.327 e. The lowest BCUT2D eigenvalue weighted by atomic mass is 9.74. The fourth-order valence-corrected chi connectivity index (χ4v) is 4.15. The molecule has 32 heavy (non-hydrogen) atoms. The van der Waals surface area contributed by atoms with Gasteiger partial charge in [0.2, 0.25) is 0 Å². The molecule has 4 aromatic rings. The van der Waals surface area contributed by atoms with E-state index in [1.807, 2.05) is 91.0 Å². The van der Waals surface area contributed by atoms with E-state index in [0.29, 0.717) is 5.69 Å². The van der Waals surface area contributed by atoms with Crippen LogP contribution in [-0.2, 0) is 16.8 Å². The molecule has 0 radical (unpaired) electrons. The van der Waals surface area contributed by atoms with Crippen LogP contribution in [0.2, 0.25) is 0 Å². The van der Waals surface area contributed by atoms with Crippen LogP contribution >= 0.6 is 0 Å². The standard InChI is InChI=1S/C26H24FN3O2/c27-18-25(24(31)32,16-23-17-28-19-29-23)30-26(20-10-4-1-5-11-20,21-12-6-2-7-13-21)22-14-8-3-9-15-22/h1-15,17,19,30H,16,18H2,(H,28,29)(H,31,32)/t25-/m1/s1. The first-order valence-electron chi connectivity index (χ1n) is 10.3. The van der Waals surface area contributed by atoms with Gasteiger partial charge < -0.3 is 10.1 Å². The Hall–Kier alpha value is -3.77. The number of rotatable bonds is 9. The summed E-state index contributed by atoms with van der Waals surface area (Å²) in [5.41, 5.74) is -0.169. The Morgan fingerprint density at radius 2 is 1.34 bits per heavy atom. The molecule has 4 rings (SSSR count). The van der Waals surface area contributed by atoms with Gasteiger partial charge in [-0.25, -0.2) is 9.37 Å². The van der Waals surface area contributed by atoms with Crippen molar-refractivity contribution in [3.63, 3.8) is 0 Å². The van der Waals surface area contributed by atoms with E-state index < -0.39 is 23.7 Å². The molecule has 0 aliphatic carbocycles. The topological polar surface area (TPSA) is 78.0 Å². The molecule has 0 fully saturated rings. The number of carboxylic acids is 1. The fraction of sp³-hybridized carbons (Fsp3) is 0.154. The molecule has 0 aliphatic rings. The van der Waals surface area contributed by atoms with E-state index in [1.165, 1.54) is 6.33 Å². The molecule has 0 saturated carbocycles. The van der Waals surface area contributed by atoms with Crippen LogP contribution in [0.25, 0.3) is 0 Å². The minimum absolute atomic E-state index is 0.128. The van der Waals surface area contributed by atoms with Gasteiger partial charge in [0, 0.05) is 12.6 Å². The number of aliphatic carboxylic acids is 1. The SMILES string of the molecule is O=C(O)[C@](CF)(Cc1c[nH]cn1)NC(c1ccccc1)(c1ccccc1)c1ccccc1. The average molecular weight is 429 g/mol. The predicted molar refractivity (Wildman–Crippen MR) is 121 cm³/mol. The van der Waals surface area contributed by atoms with Gasteiger partial charge in [0.25, 0.3) is 0 Å². The first-order chi connectivity index (χ1) is 15.6. The maximum atomic E-state index is 14.8. The Balaban J connectivity index is 1.99. The second-order valence-electron chi connectivity index (χ2n) is 7.73. The number of nitrogens with one attached hydrogen (secondary N) is 2. The molecular weight excluding hydrogens is 405 g/mol. The summed E-state index contributed by atoms with van der Waals surface area (Å²) < 4.78 is 14.8. The van der Waals surface area contributed by atoms with Crippen LogP contribution in [0.15, 0.2) is 104 Å². The zero-order valence-electron chi connectivity index (χ0n) is 17.4. The lowest BCUT2D eigenvalue weighted by Gasteiger charge is -2.43. The van der Waals surface area contributed by atoms with Crippen LogP contribution in [0.1, 0.15) is 22.4 Å². The van der Waals surface area contributed by atoms with E-state index in [9.17, 15) is 14.3 Å². The maximum absolute atomic E-state index is 14.8. The van der Waals surface area contributed by atoms with E-state index in [-0.39, 0.29) is 6.42 Å². The van der Waals surface area contributed by atoms with E-state index >= 15 is 0 Å². The van der Waals surface area contributed by atoms with Crippen LogP contribution < -0.4 is 5.32 Å². The highest BCUT2D eigenvalue weighted by molar-refractivity contribution is 5.80. The van der Waals surface area contributed by atoms with Crippen molar-refractivity contribution in [2.24, 2.45) is 0 Å². The summed E-state index contributed by atoms with van der Waals surface area (Å²) in [5, 5.41) is 13.6. The number of hydrogen-bond donors (Lipinski definition) is 3. The van der Waals surface area contributed by atoms with Crippen molar-refractivity contribution >= 4 is 5.97 Å². The zero-order valence-corrected chi connectivity index (χ0v) is 17.4. The largest absolute Gasteiger partial charge is 0.480 e. The third kappa shape index (κ3) is 3.92. The first-order valence-corrected chi connectivity index (χ1v) is 10.3. The van der Waals surface area contributed by atoms with Crippen LogP contribution in [0.5, 0.6) is 0 Å². The van der Waals surface area contributed by atoms with Crippen LogP contribution in [0, 0.1) is 0 Å². The summed E-state index contributed by atoms with van der Waals surface area (Å²) in [7, 11) is 0. The average Bonchev–Trinajstić information content (AvgIpc) is 3.36. The number of halogens is 1. The molecule has 3 aromatic carbocycles. The van der Waals surface area contributed by atoms with E-state index in [0.717, 1.165) is 16.7 Å². The molecule has 0 bridgehead atoms. The second kappa shape index (κ2) is 9.16. The lowest BCUT2D eigenvalue weighted by Crippen LogP contribution is -2.64. The number of hydrogen-bond acceptors (Lipinski definition) is 3. The molecule has 0 unspecified atom stereocenters. The molecule has 3 N–H and O–H groups in total. The van der Waals surface area contributed by atoms with Gasteiger partial charge in [-0.15, -0.1) is 0 Å². The van der Waals surface area contributed by atoms with Gasteiger partial charge in [-0.05, 0) is 16.7 Å². The quantitative estimate of drug-likeness (QED) is 0.346. The van der Waals surface area contributed by atoms with Crippen LogP contribution in [-0.4, -0.2) is 33.3 Å². The molecule has 0 saturated heterocycles. The van der Waals surface area contributed by atoms with Crippen molar-refractivity contribution in [1.82, 2.24) is 15.3 Å². The Labute approximate surface area is 186 Å². The molecule has 1 heterocycles. The summed E-state index contributed by atoms with van der Waals surface area (Å²) in [5.74, 6) is -1.28. The van der Waals surface area contributed by atoms with Gasteiger partial charge >= 0.3 is 5.97 Å². The van der Waals surface area contributed by atoms with Crippen molar-refractivity contribution < 1.29 is 14.3 Å². The van der Waals surface area contributed by atoms with Crippen LogP contribution in [0.4, 0.5) is 4.39 Å². The zero-order chi connectivity index (χ0) is 22.4. The Bertz CT molecular complexity index is 1040. The Kier molecular flexibility index (Phi) is 6.14. The van der Waals surface area contributed by atoms with Gasteiger partial charge in [-0.2, -0.15) is 0 Å². The molecule has 0 aliphatic heterocycles. The number of imidazole rings is 1. The molecule has 0 spiro atoms. The summed E-state index contributed by atoms with van der Waals surface area (Å²) in [4.78, 5) is 19.6. The smallest absolute Gasteiger partial charge is 0.327 e. The summed E-state index contributed by atoms with van der Waals surface area (Å²) >= 11 is 0. The van der Waals surface area contributed by atoms with Gasteiger partial charge in [-0.1, -0.05) is 91.0 Å². The molecule has 1 atom stereocenters. The van der Waals surface area contributed by atoms with E-state index in [1.54, 1.807) is 6.20 Å². The first kappa shape index (κ1) is 21.5. The monoisotopic (exact) mass is 429 g/mol. The molecule has 6 heteroatoms. The summed E-state index contributed by atoms with van der Waals surface area (Å²) in [6.07, 6.45) is 2.92. The highest BCUT2D eigenvalue weighted by Gasteiger charge is 2.49. The highest BCUT2D eigenvalue weighted by Crippen LogP contribution is 2.39. The Morgan fingerprint density at radius 1 is 0.875 bits per heavy atom. The summed E-state index contributed by atoms with van der Waals surface area (Å²) in [6.45, 7) is -1.12. The number of aromatic amines is 1. The summed E-state index contributed by atoms with van der Waals surface area (Å²) in [6, 6.07) is 28.6. The minimum atomic E-state index is -1.92. The third-order valence-corrected chi connectivity index (χ3v) is 5.72. The Morgan fingerprint density at radius 3 is 1.69 bits per heavy atom. The highest BCUT2D eigenvalue weighted by atomic mass is 19.1. The van der Waals surface area contributed by atoms with Crippen molar-refractivity contribution in [1.29, 1.82) is 0 Å². The molecule has 162 valence electrons. The molecular formula is C26H24FN3O2. The van der Waals surface area contributed by atoms with Crippen LogP contribution in [0.3, 0.4) is 0 Å².